The van der Waals surface area contributed by atoms with E-state index in [0.29, 0.717) is 0 Å². The third-order valence-corrected chi connectivity index (χ3v) is 3.52. The second-order valence-electron chi connectivity index (χ2n) is 3.58. The molecule has 0 bridgehead atoms. The van der Waals surface area contributed by atoms with Crippen molar-refractivity contribution in [3.63, 3.8) is 0 Å². The van der Waals surface area contributed by atoms with Gasteiger partial charge in [0.1, 0.15) is 5.25 Å². The molecule has 0 aromatic heterocycles. The van der Waals surface area contributed by atoms with Gasteiger partial charge in [-0.3, -0.25) is 4.79 Å². The van der Waals surface area contributed by atoms with E-state index in [1.807, 2.05) is 13.8 Å². The van der Waals surface area contributed by atoms with Crippen molar-refractivity contribution in [2.45, 2.75) is 45.3 Å². The molecule has 0 fully saturated rings. The molecule has 0 aliphatic rings. The lowest BCUT2D eigenvalue weighted by Crippen LogP contribution is -2.22. The molecule has 0 aromatic rings. The number of carbonyl (C=O) groups is 1. The average Bonchev–Trinajstić information content (AvgIpc) is 2.02. The van der Waals surface area contributed by atoms with Crippen molar-refractivity contribution in [2.75, 3.05) is 5.75 Å². The van der Waals surface area contributed by atoms with Gasteiger partial charge in [0.2, 0.25) is 0 Å². The quantitative estimate of drug-likeness (QED) is 0.648. The number of aliphatic carboxylic acids is 1. The maximum Gasteiger partial charge on any atom is 0.316 e. The standard InChI is InChI=1S/C10H20O2S/c1-4-5-6-7-13-9(8(2)3)10(11)12/h8-9H,4-7H2,1-3H3,(H,11,12). The highest BCUT2D eigenvalue weighted by Gasteiger charge is 2.20. The highest BCUT2D eigenvalue weighted by molar-refractivity contribution is 8.00. The van der Waals surface area contributed by atoms with Gasteiger partial charge < -0.3 is 5.11 Å². The largest absolute Gasteiger partial charge is 0.480 e. The first-order valence-corrected chi connectivity index (χ1v) is 5.98. The lowest BCUT2D eigenvalue weighted by atomic mass is 10.1. The van der Waals surface area contributed by atoms with Crippen molar-refractivity contribution in [1.29, 1.82) is 0 Å². The Hall–Kier alpha value is -0.180. The number of carboxylic acid groups (broad SMARTS) is 1. The van der Waals surface area contributed by atoms with Crippen LogP contribution in [-0.4, -0.2) is 22.1 Å². The first kappa shape index (κ1) is 12.8. The van der Waals surface area contributed by atoms with Crippen LogP contribution < -0.4 is 0 Å². The van der Waals surface area contributed by atoms with Crippen LogP contribution in [0.1, 0.15) is 40.0 Å². The maximum atomic E-state index is 10.8. The molecule has 0 radical (unpaired) electrons. The fourth-order valence-electron chi connectivity index (χ4n) is 1.11. The van der Waals surface area contributed by atoms with Crippen LogP contribution in [0.2, 0.25) is 0 Å². The van der Waals surface area contributed by atoms with Gasteiger partial charge in [-0.05, 0) is 18.1 Å². The van der Waals surface area contributed by atoms with Crippen LogP contribution in [0.15, 0.2) is 0 Å². The van der Waals surface area contributed by atoms with Crippen LogP contribution in [0.4, 0.5) is 0 Å². The zero-order chi connectivity index (χ0) is 10.3. The molecule has 0 saturated carbocycles. The number of rotatable bonds is 7. The van der Waals surface area contributed by atoms with Crippen LogP contribution in [0.3, 0.4) is 0 Å². The average molecular weight is 204 g/mol. The highest BCUT2D eigenvalue weighted by Crippen LogP contribution is 2.21. The van der Waals surface area contributed by atoms with Crippen molar-refractivity contribution in [3.05, 3.63) is 0 Å². The summed E-state index contributed by atoms with van der Waals surface area (Å²) in [5.74, 6) is 0.531. The molecule has 0 spiro atoms. The van der Waals surface area contributed by atoms with Gasteiger partial charge in [-0.25, -0.2) is 0 Å². The normalized spacial score (nSPS) is 13.2. The van der Waals surface area contributed by atoms with Crippen LogP contribution in [0.5, 0.6) is 0 Å². The van der Waals surface area contributed by atoms with Gasteiger partial charge in [-0.15, -0.1) is 11.8 Å². The molecular weight excluding hydrogens is 184 g/mol. The molecule has 1 N–H and O–H groups in total. The number of thioether (sulfide) groups is 1. The summed E-state index contributed by atoms with van der Waals surface area (Å²) in [6.45, 7) is 6.08. The summed E-state index contributed by atoms with van der Waals surface area (Å²) in [5.41, 5.74) is 0. The Morgan fingerprint density at radius 2 is 2.00 bits per heavy atom. The molecule has 0 amide bonds. The van der Waals surface area contributed by atoms with Crippen molar-refractivity contribution < 1.29 is 9.90 Å². The van der Waals surface area contributed by atoms with E-state index >= 15 is 0 Å². The summed E-state index contributed by atoms with van der Waals surface area (Å²) in [6.07, 6.45) is 3.54. The molecule has 0 aliphatic carbocycles. The Bertz CT molecular complexity index is 146. The molecule has 0 aromatic carbocycles. The van der Waals surface area contributed by atoms with Gasteiger partial charge in [0, 0.05) is 0 Å². The third-order valence-electron chi connectivity index (χ3n) is 1.89. The van der Waals surface area contributed by atoms with Crippen molar-refractivity contribution >= 4 is 17.7 Å². The van der Waals surface area contributed by atoms with Gasteiger partial charge in [-0.1, -0.05) is 33.6 Å². The minimum Gasteiger partial charge on any atom is -0.480 e. The second kappa shape index (κ2) is 7.25. The third kappa shape index (κ3) is 5.97. The highest BCUT2D eigenvalue weighted by atomic mass is 32.2. The van der Waals surface area contributed by atoms with Gasteiger partial charge in [0.25, 0.3) is 0 Å². The van der Waals surface area contributed by atoms with Crippen LogP contribution in [0, 0.1) is 5.92 Å². The minimum atomic E-state index is -0.670. The minimum absolute atomic E-state index is 0.225. The summed E-state index contributed by atoms with van der Waals surface area (Å²) in [5, 5.41) is 8.65. The zero-order valence-electron chi connectivity index (χ0n) is 8.75. The predicted molar refractivity (Wildman–Crippen MR) is 58.2 cm³/mol. The van der Waals surface area contributed by atoms with E-state index in [2.05, 4.69) is 6.92 Å². The molecule has 0 heterocycles. The Kier molecular flexibility index (Phi) is 7.14. The van der Waals surface area contributed by atoms with Crippen LogP contribution in [0.25, 0.3) is 0 Å². The topological polar surface area (TPSA) is 37.3 Å². The molecule has 2 nitrogen and oxygen atoms in total. The maximum absolute atomic E-state index is 10.8. The summed E-state index contributed by atoms with van der Waals surface area (Å²) in [4.78, 5) is 10.8. The molecule has 0 saturated heterocycles. The van der Waals surface area contributed by atoms with Crippen LogP contribution in [-0.2, 0) is 4.79 Å². The zero-order valence-corrected chi connectivity index (χ0v) is 9.56. The number of hydrogen-bond acceptors (Lipinski definition) is 2. The molecule has 0 aliphatic heterocycles. The number of carboxylic acids is 1. The van der Waals surface area contributed by atoms with E-state index in [0.717, 1.165) is 12.2 Å². The van der Waals surface area contributed by atoms with Crippen molar-refractivity contribution in [3.8, 4) is 0 Å². The Morgan fingerprint density at radius 3 is 2.38 bits per heavy atom. The molecule has 78 valence electrons. The lowest BCUT2D eigenvalue weighted by Gasteiger charge is -2.15. The monoisotopic (exact) mass is 204 g/mol. The van der Waals surface area contributed by atoms with Crippen molar-refractivity contribution in [1.82, 2.24) is 0 Å². The van der Waals surface area contributed by atoms with E-state index < -0.39 is 5.97 Å². The molecular formula is C10H20O2S. The van der Waals surface area contributed by atoms with Gasteiger partial charge in [0.05, 0.1) is 0 Å². The van der Waals surface area contributed by atoms with Gasteiger partial charge in [-0.2, -0.15) is 0 Å². The van der Waals surface area contributed by atoms with Gasteiger partial charge in [0.15, 0.2) is 0 Å². The van der Waals surface area contributed by atoms with Crippen LogP contribution >= 0.6 is 11.8 Å². The summed E-state index contributed by atoms with van der Waals surface area (Å²) < 4.78 is 0. The first-order chi connectivity index (χ1) is 6.09. The van der Waals surface area contributed by atoms with Gasteiger partial charge >= 0.3 is 5.97 Å². The Labute approximate surface area is 85.1 Å². The van der Waals surface area contributed by atoms with E-state index in [9.17, 15) is 4.79 Å². The predicted octanol–water partition coefficient (Wildman–Crippen LogP) is 3.02. The van der Waals surface area contributed by atoms with E-state index in [4.69, 9.17) is 5.11 Å². The SMILES string of the molecule is CCCCCSC(C(=O)O)C(C)C. The number of unbranched alkanes of at least 4 members (excludes halogenated alkanes) is 2. The molecule has 0 rings (SSSR count). The molecule has 13 heavy (non-hydrogen) atoms. The Morgan fingerprint density at radius 1 is 1.38 bits per heavy atom. The van der Waals surface area contributed by atoms with E-state index in [1.165, 1.54) is 12.8 Å². The summed E-state index contributed by atoms with van der Waals surface area (Å²) in [6, 6.07) is 0. The first-order valence-electron chi connectivity index (χ1n) is 4.94. The number of hydrogen-bond donors (Lipinski definition) is 1. The van der Waals surface area contributed by atoms with Crippen molar-refractivity contribution in [2.24, 2.45) is 5.92 Å². The smallest absolute Gasteiger partial charge is 0.316 e. The Balaban J connectivity index is 3.64. The second-order valence-corrected chi connectivity index (χ2v) is 4.83. The fraction of sp³-hybridized carbons (Fsp3) is 0.900. The summed E-state index contributed by atoms with van der Waals surface area (Å²) in [7, 11) is 0. The lowest BCUT2D eigenvalue weighted by molar-refractivity contribution is -0.137. The van der Waals surface area contributed by atoms with E-state index in [1.54, 1.807) is 11.8 Å². The molecule has 1 atom stereocenters. The molecule has 3 heteroatoms. The fourth-order valence-corrected chi connectivity index (χ4v) is 2.26. The summed E-state index contributed by atoms with van der Waals surface area (Å²) >= 11 is 1.58. The van der Waals surface area contributed by atoms with E-state index in [-0.39, 0.29) is 11.2 Å². The molecule has 1 unspecified atom stereocenters.